The normalized spacial score (nSPS) is 17.8. The summed E-state index contributed by atoms with van der Waals surface area (Å²) in [4.78, 5) is 12.8. The lowest BCUT2D eigenvalue weighted by molar-refractivity contribution is -0.124. The van der Waals surface area contributed by atoms with E-state index in [1.807, 2.05) is 48.0 Å². The van der Waals surface area contributed by atoms with E-state index in [1.165, 1.54) is 6.07 Å². The van der Waals surface area contributed by atoms with Crippen molar-refractivity contribution >= 4 is 49.5 Å². The van der Waals surface area contributed by atoms with Crippen molar-refractivity contribution < 1.29 is 17.9 Å². The summed E-state index contributed by atoms with van der Waals surface area (Å²) < 4.78 is 34.3. The predicted octanol–water partition coefficient (Wildman–Crippen LogP) is 5.43. The first-order valence-corrected chi connectivity index (χ1v) is 15.4. The van der Waals surface area contributed by atoms with Crippen LogP contribution in [0.3, 0.4) is 0 Å². The number of nitrogens with zero attached hydrogens (tertiary/aromatic N) is 2. The number of ketones is 1. The zero-order chi connectivity index (χ0) is 26.9. The molecule has 1 aliphatic heterocycles. The molecule has 0 spiro atoms. The van der Waals surface area contributed by atoms with E-state index in [9.17, 15) is 13.2 Å². The SMILES string of the molecule is COc1cccc2c1c(CS(=O)(=O)c1ccc(Cl)s1)nn2Cc1cccc(CCC(=O)[C@]2(C)CCCN2)c1. The Kier molecular flexibility index (Phi) is 7.64. The van der Waals surface area contributed by atoms with Crippen LogP contribution >= 0.6 is 22.9 Å². The summed E-state index contributed by atoms with van der Waals surface area (Å²) in [5.41, 5.74) is 2.92. The van der Waals surface area contributed by atoms with Gasteiger partial charge in [0.1, 0.15) is 15.7 Å². The van der Waals surface area contributed by atoms with Crippen LogP contribution in [0, 0.1) is 0 Å². The summed E-state index contributed by atoms with van der Waals surface area (Å²) in [6.07, 6.45) is 3.08. The molecular formula is C28H30ClN3O4S2. The fourth-order valence-corrected chi connectivity index (χ4v) is 7.95. The number of rotatable bonds is 10. The standard InChI is InChI=1S/C28H30ClN3O4S2/c1-28(14-5-15-30-28)24(33)11-10-19-6-3-7-20(16-19)17-32-22-8-4-9-23(36-2)27(22)21(31-32)18-38(34,35)26-13-12-25(29)37-26/h3-4,6-9,12-13,16,30H,5,10-11,14-15,17-18H2,1-2H3/t28-/m0/s1. The third-order valence-electron chi connectivity index (χ3n) is 7.16. The van der Waals surface area contributed by atoms with E-state index < -0.39 is 15.4 Å². The Morgan fingerprint density at radius 3 is 2.68 bits per heavy atom. The van der Waals surface area contributed by atoms with Crippen LogP contribution in [0.4, 0.5) is 0 Å². The molecule has 2 aromatic carbocycles. The average Bonchev–Trinajstić information content (AvgIpc) is 3.63. The molecule has 4 aromatic rings. The highest BCUT2D eigenvalue weighted by Gasteiger charge is 2.34. The minimum absolute atomic E-state index is 0.212. The van der Waals surface area contributed by atoms with Crippen LogP contribution in [0.25, 0.3) is 10.9 Å². The number of thiophene rings is 1. The minimum Gasteiger partial charge on any atom is -0.496 e. The van der Waals surface area contributed by atoms with E-state index in [4.69, 9.17) is 21.4 Å². The first-order valence-electron chi connectivity index (χ1n) is 12.6. The van der Waals surface area contributed by atoms with Gasteiger partial charge in [0.2, 0.25) is 0 Å². The number of aromatic nitrogens is 2. The number of methoxy groups -OCH3 is 1. The number of aryl methyl sites for hydroxylation is 1. The Morgan fingerprint density at radius 1 is 1.18 bits per heavy atom. The fraction of sp³-hybridized carbons (Fsp3) is 0.357. The lowest BCUT2D eigenvalue weighted by Crippen LogP contribution is -2.44. The molecule has 0 bridgehead atoms. The molecule has 5 rings (SSSR count). The second-order valence-electron chi connectivity index (χ2n) is 9.88. The number of carbonyl (C=O) groups is 1. The Hall–Kier alpha value is -2.72. The van der Waals surface area contributed by atoms with Crippen molar-refractivity contribution in [3.8, 4) is 5.75 Å². The van der Waals surface area contributed by atoms with Gasteiger partial charge in [0.15, 0.2) is 15.6 Å². The summed E-state index contributed by atoms with van der Waals surface area (Å²) in [5, 5.41) is 8.77. The number of sulfone groups is 1. The summed E-state index contributed by atoms with van der Waals surface area (Å²) in [5.74, 6) is 0.566. The van der Waals surface area contributed by atoms with Crippen molar-refractivity contribution in [1.29, 1.82) is 0 Å². The number of fused-ring (bicyclic) bond motifs is 1. The lowest BCUT2D eigenvalue weighted by Gasteiger charge is -2.22. The van der Waals surface area contributed by atoms with E-state index in [2.05, 4.69) is 11.4 Å². The number of carbonyl (C=O) groups excluding carboxylic acids is 1. The second kappa shape index (κ2) is 10.8. The summed E-state index contributed by atoms with van der Waals surface area (Å²) in [6.45, 7) is 3.35. The highest BCUT2D eigenvalue weighted by atomic mass is 35.5. The molecule has 38 heavy (non-hydrogen) atoms. The zero-order valence-corrected chi connectivity index (χ0v) is 23.8. The van der Waals surface area contributed by atoms with Crippen molar-refractivity contribution in [3.63, 3.8) is 0 Å². The number of nitrogens with one attached hydrogen (secondary N) is 1. The summed E-state index contributed by atoms with van der Waals surface area (Å²) >= 11 is 7.03. The van der Waals surface area contributed by atoms with Crippen LogP contribution < -0.4 is 10.1 Å². The lowest BCUT2D eigenvalue weighted by atomic mass is 9.90. The average molecular weight is 572 g/mol. The van der Waals surface area contributed by atoms with E-state index in [0.717, 1.165) is 47.4 Å². The molecule has 1 saturated heterocycles. The molecule has 0 saturated carbocycles. The molecule has 0 aliphatic carbocycles. The fourth-order valence-electron chi connectivity index (χ4n) is 5.10. The molecule has 0 amide bonds. The highest BCUT2D eigenvalue weighted by Crippen LogP contribution is 2.33. The third kappa shape index (κ3) is 5.52. The maximum Gasteiger partial charge on any atom is 0.193 e. The minimum atomic E-state index is -3.64. The van der Waals surface area contributed by atoms with E-state index >= 15 is 0 Å². The van der Waals surface area contributed by atoms with Gasteiger partial charge in [-0.3, -0.25) is 9.48 Å². The first kappa shape index (κ1) is 26.9. The highest BCUT2D eigenvalue weighted by molar-refractivity contribution is 7.92. The van der Waals surface area contributed by atoms with Gasteiger partial charge in [0.05, 0.1) is 40.1 Å². The van der Waals surface area contributed by atoms with Crippen LogP contribution in [0.1, 0.15) is 43.0 Å². The van der Waals surface area contributed by atoms with Gasteiger partial charge in [-0.2, -0.15) is 5.10 Å². The van der Waals surface area contributed by atoms with Crippen molar-refractivity contribution in [3.05, 3.63) is 75.8 Å². The van der Waals surface area contributed by atoms with Gasteiger partial charge in [0, 0.05) is 6.42 Å². The predicted molar refractivity (Wildman–Crippen MR) is 151 cm³/mol. The largest absolute Gasteiger partial charge is 0.496 e. The number of Topliss-reactive ketones (excluding diaryl/α,β-unsaturated/α-hetero) is 1. The van der Waals surface area contributed by atoms with Gasteiger partial charge in [-0.15, -0.1) is 11.3 Å². The molecule has 0 radical (unpaired) electrons. The molecule has 7 nitrogen and oxygen atoms in total. The maximum absolute atomic E-state index is 13.1. The van der Waals surface area contributed by atoms with Gasteiger partial charge >= 0.3 is 0 Å². The Labute approximate surface area is 231 Å². The van der Waals surface area contributed by atoms with Crippen molar-refractivity contribution in [1.82, 2.24) is 15.1 Å². The van der Waals surface area contributed by atoms with Gasteiger partial charge in [-0.05, 0) is 68.1 Å². The van der Waals surface area contributed by atoms with Crippen molar-refractivity contribution in [2.75, 3.05) is 13.7 Å². The Morgan fingerprint density at radius 2 is 1.97 bits per heavy atom. The Balaban J connectivity index is 1.41. The van der Waals surface area contributed by atoms with Gasteiger partial charge in [0.25, 0.3) is 0 Å². The quantitative estimate of drug-likeness (QED) is 0.273. The van der Waals surface area contributed by atoms with Crippen LogP contribution in [-0.4, -0.2) is 43.2 Å². The number of benzene rings is 2. The molecule has 1 fully saturated rings. The third-order valence-corrected chi connectivity index (χ3v) is 10.6. The molecular weight excluding hydrogens is 542 g/mol. The van der Waals surface area contributed by atoms with Crippen LogP contribution in [0.5, 0.6) is 5.75 Å². The Bertz CT molecular complexity index is 1590. The van der Waals surface area contributed by atoms with E-state index in [1.54, 1.807) is 13.2 Å². The smallest absolute Gasteiger partial charge is 0.193 e. The van der Waals surface area contributed by atoms with Crippen molar-refractivity contribution in [2.24, 2.45) is 0 Å². The number of ether oxygens (including phenoxy) is 1. The molecule has 1 N–H and O–H groups in total. The summed E-state index contributed by atoms with van der Waals surface area (Å²) in [7, 11) is -2.07. The van der Waals surface area contributed by atoms with Gasteiger partial charge in [-0.1, -0.05) is 41.9 Å². The van der Waals surface area contributed by atoms with E-state index in [0.29, 0.717) is 40.6 Å². The second-order valence-corrected chi connectivity index (χ2v) is 13.8. The molecule has 10 heteroatoms. The summed E-state index contributed by atoms with van der Waals surface area (Å²) in [6, 6.07) is 16.8. The molecule has 200 valence electrons. The van der Waals surface area contributed by atoms with Crippen LogP contribution in [0.2, 0.25) is 4.34 Å². The van der Waals surface area contributed by atoms with Gasteiger partial charge < -0.3 is 10.1 Å². The van der Waals surface area contributed by atoms with E-state index in [-0.39, 0.29) is 15.7 Å². The molecule has 2 aromatic heterocycles. The zero-order valence-electron chi connectivity index (χ0n) is 21.4. The topological polar surface area (TPSA) is 90.3 Å². The van der Waals surface area contributed by atoms with Crippen molar-refractivity contribution in [2.45, 2.75) is 54.7 Å². The van der Waals surface area contributed by atoms with Gasteiger partial charge in [-0.25, -0.2) is 8.42 Å². The molecule has 0 unspecified atom stereocenters. The number of hydrogen-bond acceptors (Lipinski definition) is 7. The number of hydrogen-bond donors (Lipinski definition) is 1. The van der Waals surface area contributed by atoms with Crippen LogP contribution in [0.15, 0.2) is 58.8 Å². The molecule has 1 aliphatic rings. The number of halogens is 1. The molecule has 1 atom stereocenters. The van der Waals surface area contributed by atoms with Crippen LogP contribution in [-0.2, 0) is 33.4 Å². The monoisotopic (exact) mass is 571 g/mol. The molecule has 3 heterocycles. The first-order chi connectivity index (χ1) is 18.2. The maximum atomic E-state index is 13.1.